The summed E-state index contributed by atoms with van der Waals surface area (Å²) >= 11 is 0. The highest BCUT2D eigenvalue weighted by Crippen LogP contribution is 2.31. The summed E-state index contributed by atoms with van der Waals surface area (Å²) < 4.78 is 47.6. The molecule has 11 nitrogen and oxygen atoms in total. The van der Waals surface area contributed by atoms with Crippen LogP contribution in [-0.2, 0) is 28.7 Å². The third kappa shape index (κ3) is 5.43. The van der Waals surface area contributed by atoms with Gasteiger partial charge >= 0.3 is 6.18 Å². The van der Waals surface area contributed by atoms with Gasteiger partial charge < -0.3 is 29.7 Å². The molecule has 0 radical (unpaired) electrons. The molecule has 210 valence electrons. The number of anilines is 3. The van der Waals surface area contributed by atoms with E-state index in [9.17, 15) is 22.8 Å². The van der Waals surface area contributed by atoms with E-state index in [1.165, 1.54) is 17.5 Å². The van der Waals surface area contributed by atoms with Crippen LogP contribution < -0.4 is 26.0 Å². The van der Waals surface area contributed by atoms with Crippen molar-refractivity contribution in [3.8, 4) is 0 Å². The average Bonchev–Trinajstić information content (AvgIpc) is 3.38. The Morgan fingerprint density at radius 1 is 1.13 bits per heavy atom. The minimum absolute atomic E-state index is 0.201. The summed E-state index contributed by atoms with van der Waals surface area (Å²) in [5, 5.41) is 10.5. The summed E-state index contributed by atoms with van der Waals surface area (Å²) in [5.41, 5.74) is 0.607. The van der Waals surface area contributed by atoms with Gasteiger partial charge in [0.25, 0.3) is 5.56 Å². The van der Waals surface area contributed by atoms with Gasteiger partial charge in [0, 0.05) is 45.0 Å². The number of aromatic nitrogens is 4. The Morgan fingerprint density at radius 3 is 2.49 bits per heavy atom. The molecule has 2 aromatic heterocycles. The maximum Gasteiger partial charge on any atom is 0.416 e. The van der Waals surface area contributed by atoms with Crippen molar-refractivity contribution in [2.24, 2.45) is 0 Å². The monoisotopic (exact) mass is 548 g/mol. The summed E-state index contributed by atoms with van der Waals surface area (Å²) in [6.07, 6.45) is -4.02. The molecule has 14 heteroatoms. The molecule has 0 aliphatic carbocycles. The van der Waals surface area contributed by atoms with E-state index in [1.54, 1.807) is 4.57 Å². The Kier molecular flexibility index (Phi) is 7.49. The normalized spacial score (nSPS) is 16.6. The van der Waals surface area contributed by atoms with Gasteiger partial charge in [0.1, 0.15) is 12.2 Å². The number of carbonyl (C=O) groups excluding carboxylic acids is 1. The van der Waals surface area contributed by atoms with Crippen molar-refractivity contribution < 1.29 is 22.7 Å². The largest absolute Gasteiger partial charge is 0.416 e. The second-order valence-corrected chi connectivity index (χ2v) is 9.58. The van der Waals surface area contributed by atoms with Crippen molar-refractivity contribution >= 4 is 29.0 Å². The Labute approximate surface area is 222 Å². The second kappa shape index (κ2) is 10.8. The van der Waals surface area contributed by atoms with Crippen molar-refractivity contribution in [2.75, 3.05) is 67.6 Å². The number of morpholine rings is 1. The number of hydrogen-bond acceptors (Lipinski definition) is 8. The van der Waals surface area contributed by atoms with E-state index >= 15 is 0 Å². The predicted octanol–water partition coefficient (Wildman–Crippen LogP) is 1.67. The van der Waals surface area contributed by atoms with E-state index in [-0.39, 0.29) is 29.1 Å². The number of halogens is 3. The second-order valence-electron chi connectivity index (χ2n) is 9.58. The van der Waals surface area contributed by atoms with Gasteiger partial charge in [-0.15, -0.1) is 5.10 Å². The van der Waals surface area contributed by atoms with Crippen LogP contribution in [0.5, 0.6) is 0 Å². The van der Waals surface area contributed by atoms with Crippen LogP contribution in [0, 0.1) is 6.92 Å². The lowest BCUT2D eigenvalue weighted by atomic mass is 10.1. The highest BCUT2D eigenvalue weighted by atomic mass is 19.4. The molecule has 1 amide bonds. The number of ether oxygens (including phenoxy) is 1. The summed E-state index contributed by atoms with van der Waals surface area (Å²) in [5.74, 6) is 0.152. The van der Waals surface area contributed by atoms with Gasteiger partial charge in [-0.05, 0) is 37.1 Å². The van der Waals surface area contributed by atoms with Crippen molar-refractivity contribution in [2.45, 2.75) is 33.0 Å². The van der Waals surface area contributed by atoms with E-state index in [1.807, 2.05) is 16.7 Å². The van der Waals surface area contributed by atoms with Crippen molar-refractivity contribution in [3.63, 3.8) is 0 Å². The van der Waals surface area contributed by atoms with Crippen molar-refractivity contribution in [1.82, 2.24) is 24.5 Å². The Balaban J connectivity index is 1.55. The van der Waals surface area contributed by atoms with E-state index < -0.39 is 17.6 Å². The fraction of sp³-hybridized carbons (Fsp3) is 0.520. The Hall–Kier alpha value is -3.65. The van der Waals surface area contributed by atoms with Gasteiger partial charge in [-0.3, -0.25) is 9.59 Å². The van der Waals surface area contributed by atoms with Crippen LogP contribution in [0.15, 0.2) is 23.0 Å². The Bertz CT molecular complexity index is 1420. The molecule has 2 N–H and O–H groups in total. The number of rotatable bonds is 6. The van der Waals surface area contributed by atoms with Crippen LogP contribution in [0.1, 0.15) is 23.7 Å². The lowest BCUT2D eigenvalue weighted by molar-refractivity contribution is -0.137. The van der Waals surface area contributed by atoms with Crippen LogP contribution >= 0.6 is 0 Å². The van der Waals surface area contributed by atoms with Gasteiger partial charge in [0.2, 0.25) is 17.6 Å². The maximum absolute atomic E-state index is 13.7. The van der Waals surface area contributed by atoms with E-state index in [0.29, 0.717) is 76.2 Å². The number of nitrogens with zero attached hydrogens (tertiary/aromatic N) is 6. The van der Waals surface area contributed by atoms with E-state index in [2.05, 4.69) is 20.7 Å². The van der Waals surface area contributed by atoms with E-state index in [4.69, 9.17) is 4.74 Å². The molecule has 2 fully saturated rings. The lowest BCUT2D eigenvalue weighted by Crippen LogP contribution is -2.47. The number of alkyl halides is 3. The zero-order chi connectivity index (χ0) is 27.7. The molecule has 2 aliphatic heterocycles. The van der Waals surface area contributed by atoms with Gasteiger partial charge in [-0.25, -0.2) is 0 Å². The zero-order valence-electron chi connectivity index (χ0n) is 21.8. The molecule has 5 rings (SSSR count). The number of nitrogens with one attached hydrogen (secondary N) is 2. The first kappa shape index (κ1) is 26.9. The molecule has 2 aliphatic rings. The van der Waals surface area contributed by atoms with Gasteiger partial charge in [0.05, 0.1) is 24.5 Å². The highest BCUT2D eigenvalue weighted by molar-refractivity contribution is 5.91. The van der Waals surface area contributed by atoms with Crippen LogP contribution in [0.2, 0.25) is 0 Å². The fourth-order valence-electron chi connectivity index (χ4n) is 5.02. The third-order valence-electron chi connectivity index (χ3n) is 7.01. The van der Waals surface area contributed by atoms with Crippen molar-refractivity contribution in [1.29, 1.82) is 0 Å². The molecular formula is C25H31F3N8O3. The van der Waals surface area contributed by atoms with E-state index in [0.717, 1.165) is 12.1 Å². The minimum atomic E-state index is -4.48. The molecule has 1 aromatic carbocycles. The number of benzene rings is 1. The zero-order valence-corrected chi connectivity index (χ0v) is 21.8. The lowest BCUT2D eigenvalue weighted by Gasteiger charge is -2.31. The van der Waals surface area contributed by atoms with Gasteiger partial charge in [0.15, 0.2) is 0 Å². The van der Waals surface area contributed by atoms with Crippen LogP contribution in [0.3, 0.4) is 0 Å². The molecule has 4 heterocycles. The first-order valence-corrected chi connectivity index (χ1v) is 13.0. The molecule has 3 aromatic rings. The number of fused-ring (bicyclic) bond motifs is 1. The molecule has 0 spiro atoms. The molecular weight excluding hydrogens is 517 g/mol. The summed E-state index contributed by atoms with van der Waals surface area (Å²) in [4.78, 5) is 35.6. The summed E-state index contributed by atoms with van der Waals surface area (Å²) in [7, 11) is 0. The number of amides is 1. The summed E-state index contributed by atoms with van der Waals surface area (Å²) in [6.45, 7) is 8.06. The van der Waals surface area contributed by atoms with Crippen LogP contribution in [0.25, 0.3) is 5.78 Å². The number of piperazine rings is 1. The molecule has 2 saturated heterocycles. The topological polar surface area (TPSA) is 109 Å². The first-order valence-electron chi connectivity index (χ1n) is 13.0. The third-order valence-corrected chi connectivity index (χ3v) is 7.01. The standard InChI is InChI=1S/C25H31F3N8O3/c1-3-19-21(33-8-6-29-7-9-33)22(38)36-24(31-23(32-36)34-10-12-39-13-11-34)35(19)15-20(37)30-18-5-4-17(14-16(18)2)25(26,27)28/h4-5,14,29H,3,6-13,15H2,1-2H3,(H,30,37). The maximum atomic E-state index is 13.7. The molecule has 0 unspecified atom stereocenters. The minimum Gasteiger partial charge on any atom is -0.378 e. The van der Waals surface area contributed by atoms with Crippen LogP contribution in [-0.4, -0.2) is 77.6 Å². The SMILES string of the molecule is CCc1c(N2CCNCC2)c(=O)n2nc(N3CCOCC3)nc2n1CC(=O)Nc1ccc(C(F)(F)F)cc1C. The smallest absolute Gasteiger partial charge is 0.378 e. The number of aryl methyl sites for hydroxylation is 1. The van der Waals surface area contributed by atoms with Gasteiger partial charge in [-0.1, -0.05) is 6.92 Å². The first-order chi connectivity index (χ1) is 18.7. The highest BCUT2D eigenvalue weighted by Gasteiger charge is 2.31. The summed E-state index contributed by atoms with van der Waals surface area (Å²) in [6, 6.07) is 3.19. The number of hydrogen-bond donors (Lipinski definition) is 2. The predicted molar refractivity (Wildman–Crippen MR) is 140 cm³/mol. The fourth-order valence-corrected chi connectivity index (χ4v) is 5.02. The molecule has 0 saturated carbocycles. The van der Waals surface area contributed by atoms with Crippen molar-refractivity contribution in [3.05, 3.63) is 45.4 Å². The quantitative estimate of drug-likeness (QED) is 0.479. The number of carbonyl (C=O) groups is 1. The molecule has 0 atom stereocenters. The van der Waals surface area contributed by atoms with Crippen LogP contribution in [0.4, 0.5) is 30.5 Å². The average molecular weight is 549 g/mol. The molecule has 39 heavy (non-hydrogen) atoms. The van der Waals surface area contributed by atoms with Gasteiger partial charge in [-0.2, -0.15) is 22.7 Å². The Morgan fingerprint density at radius 2 is 1.85 bits per heavy atom. The molecule has 0 bridgehead atoms.